The molecule has 1 heterocycles. The van der Waals surface area contributed by atoms with Crippen molar-refractivity contribution in [3.8, 4) is 0 Å². The van der Waals surface area contributed by atoms with E-state index in [1.807, 2.05) is 23.9 Å². The Morgan fingerprint density at radius 1 is 0.958 bits per heavy atom. The lowest BCUT2D eigenvalue weighted by atomic mass is 10.0. The number of carbonyl (C=O) groups excluding carboxylic acids is 1. The van der Waals surface area contributed by atoms with Gasteiger partial charge in [0.25, 0.3) is 0 Å². The summed E-state index contributed by atoms with van der Waals surface area (Å²) in [5.41, 5.74) is 0.934. The number of hydrogen-bond acceptors (Lipinski definition) is 1. The van der Waals surface area contributed by atoms with E-state index in [4.69, 9.17) is 0 Å². The van der Waals surface area contributed by atoms with Gasteiger partial charge in [0.2, 0.25) is 0 Å². The molecule has 0 amide bonds. The van der Waals surface area contributed by atoms with Crippen LogP contribution in [0.2, 0.25) is 0 Å². The van der Waals surface area contributed by atoms with E-state index in [0.29, 0.717) is 12.2 Å². The highest BCUT2D eigenvalue weighted by Gasteiger charge is 2.24. The summed E-state index contributed by atoms with van der Waals surface area (Å²) in [6.45, 7) is 3.80. The summed E-state index contributed by atoms with van der Waals surface area (Å²) in [5.74, 6) is 0.343. The zero-order chi connectivity index (χ0) is 16.5. The predicted octanol–water partition coefficient (Wildman–Crippen LogP) is 5.63. The molecule has 0 atom stereocenters. The molecule has 0 saturated carbocycles. The number of fused-ring (bicyclic) bond motifs is 2. The van der Waals surface area contributed by atoms with Crippen molar-refractivity contribution in [1.29, 1.82) is 0 Å². The maximum Gasteiger partial charge on any atom is 0.343 e. The van der Waals surface area contributed by atoms with Crippen molar-refractivity contribution in [2.45, 2.75) is 26.0 Å². The van der Waals surface area contributed by atoms with Crippen molar-refractivity contribution in [2.24, 2.45) is 0 Å². The van der Waals surface area contributed by atoms with Crippen LogP contribution in [0.4, 0.5) is 0 Å². The van der Waals surface area contributed by atoms with Gasteiger partial charge in [-0.3, -0.25) is 4.79 Å². The molecule has 0 bridgehead atoms. The normalized spacial score (nSPS) is 16.4. The maximum absolute atomic E-state index is 10.1. The van der Waals surface area contributed by atoms with Crippen LogP contribution >= 0.6 is 22.2 Å². The van der Waals surface area contributed by atoms with Crippen molar-refractivity contribution in [3.05, 3.63) is 85.0 Å². The van der Waals surface area contributed by atoms with Crippen LogP contribution in [-0.4, -0.2) is 15.4 Å². The molecule has 2 aromatic carbocycles. The minimum absolute atomic E-state index is 0.146. The molecule has 0 radical (unpaired) electrons. The van der Waals surface area contributed by atoms with Crippen LogP contribution < -0.4 is 0 Å². The van der Waals surface area contributed by atoms with Gasteiger partial charge in [-0.2, -0.15) is 0 Å². The Bertz CT molecular complexity index is 900. The standard InChI is InChI=1S/C21H16OS2/c1-2-7-15-14-16(12-13-17(15)22)24-20-10-5-3-8-18(20)23-19-9-4-6-11-21(19)24/h2-6,8-14H,1,7H2/p+1. The Balaban J connectivity index is 1.99. The lowest BCUT2D eigenvalue weighted by Crippen LogP contribution is -2.09. The third kappa shape index (κ3) is 2.64. The smallest absolute Gasteiger partial charge is 0.274 e. The fourth-order valence-corrected chi connectivity index (χ4v) is 6.70. The maximum atomic E-state index is 10.1. The van der Waals surface area contributed by atoms with E-state index in [-0.39, 0.29) is 10.5 Å². The van der Waals surface area contributed by atoms with E-state index >= 15 is 0 Å². The van der Waals surface area contributed by atoms with E-state index < -0.39 is 0 Å². The van der Waals surface area contributed by atoms with Crippen LogP contribution in [0.1, 0.15) is 6.42 Å². The second-order valence-corrected chi connectivity index (χ2v) is 8.63. The molecule has 0 spiro atoms. The van der Waals surface area contributed by atoms with Crippen molar-refractivity contribution in [3.63, 3.8) is 0 Å². The van der Waals surface area contributed by atoms with Crippen LogP contribution in [0.3, 0.4) is 0 Å². The van der Waals surface area contributed by atoms with Crippen LogP contribution in [0, 0.1) is 0 Å². The molecule has 118 valence electrons. The van der Waals surface area contributed by atoms with Gasteiger partial charge in [-0.25, -0.2) is 0 Å². The zero-order valence-corrected chi connectivity index (χ0v) is 14.7. The zero-order valence-electron chi connectivity index (χ0n) is 13.1. The minimum Gasteiger partial charge on any atom is -0.274 e. The Labute approximate surface area is 148 Å². The van der Waals surface area contributed by atoms with E-state index in [1.54, 1.807) is 0 Å². The quantitative estimate of drug-likeness (QED) is 0.334. The third-order valence-corrected chi connectivity index (χ3v) is 7.74. The van der Waals surface area contributed by atoms with Gasteiger partial charge in [0.05, 0.1) is 5.57 Å². The summed E-state index contributed by atoms with van der Waals surface area (Å²) in [4.78, 5) is 16.7. The molecule has 24 heavy (non-hydrogen) atoms. The van der Waals surface area contributed by atoms with E-state index in [2.05, 4.69) is 67.3 Å². The van der Waals surface area contributed by atoms with Gasteiger partial charge in [-0.15, -0.1) is 17.1 Å². The van der Waals surface area contributed by atoms with Gasteiger partial charge in [0, 0.05) is 30.5 Å². The van der Waals surface area contributed by atoms with E-state index in [9.17, 15) is 4.79 Å². The Hall–Kier alpha value is -2.10. The Morgan fingerprint density at radius 3 is 2.21 bits per heavy atom. The monoisotopic (exact) mass is 349 g/mol. The summed E-state index contributed by atoms with van der Waals surface area (Å²) in [7, 11) is -0.146. The van der Waals surface area contributed by atoms with Crippen LogP contribution in [0.15, 0.2) is 105 Å². The second-order valence-electron chi connectivity index (χ2n) is 5.59. The molecule has 3 heteroatoms. The fourth-order valence-electron chi connectivity index (χ4n) is 2.90. The highest BCUT2D eigenvalue weighted by molar-refractivity contribution is 8.18. The average molecular weight is 350 g/mol. The molecule has 0 aromatic heterocycles. The first-order valence-corrected chi connectivity index (χ1v) is 9.85. The van der Waals surface area contributed by atoms with Gasteiger partial charge in [0.15, 0.2) is 0 Å². The fraction of sp³-hybridized carbons (Fsp3) is 0.0476. The summed E-state index contributed by atoms with van der Waals surface area (Å²) in [6, 6.07) is 17.3. The molecule has 1 aliphatic carbocycles. The first kappa shape index (κ1) is 15.4. The predicted molar refractivity (Wildman–Crippen MR) is 105 cm³/mol. The van der Waals surface area contributed by atoms with E-state index in [1.165, 1.54) is 24.4 Å². The molecule has 0 saturated heterocycles. The van der Waals surface area contributed by atoms with Gasteiger partial charge < -0.3 is 0 Å². The molecule has 1 aliphatic heterocycles. The number of hydrogen-bond donors (Lipinski definition) is 0. The minimum atomic E-state index is -0.146. The molecular weight excluding hydrogens is 332 g/mol. The number of allylic oxidation sites excluding steroid dienone is 5. The van der Waals surface area contributed by atoms with Crippen molar-refractivity contribution < 1.29 is 4.79 Å². The van der Waals surface area contributed by atoms with Crippen molar-refractivity contribution in [1.82, 2.24) is 0 Å². The Morgan fingerprint density at radius 2 is 1.58 bits per heavy atom. The van der Waals surface area contributed by atoms with Crippen LogP contribution in [0.5, 0.6) is 0 Å². The van der Waals surface area contributed by atoms with Crippen molar-refractivity contribution in [2.75, 3.05) is 0 Å². The second kappa shape index (κ2) is 6.42. The van der Waals surface area contributed by atoms with E-state index in [0.717, 1.165) is 5.57 Å². The topological polar surface area (TPSA) is 21.4 Å². The molecule has 2 aromatic rings. The van der Waals surface area contributed by atoms with Crippen molar-refractivity contribution >= 4 is 32.9 Å². The van der Waals surface area contributed by atoms with Crippen LogP contribution in [0.25, 0.3) is 0 Å². The summed E-state index contributed by atoms with van der Waals surface area (Å²) in [5, 5.41) is 0. The van der Waals surface area contributed by atoms with Gasteiger partial charge in [-0.05, 0) is 42.8 Å². The molecule has 1 nitrogen and oxygen atoms in total. The summed E-state index contributed by atoms with van der Waals surface area (Å²) >= 11 is 1.84. The summed E-state index contributed by atoms with van der Waals surface area (Å²) in [6.07, 6.45) is 8.50. The molecular formula is C21H17OS2+. The number of benzene rings is 2. The first-order valence-electron chi connectivity index (χ1n) is 7.81. The Kier molecular flexibility index (Phi) is 4.13. The highest BCUT2D eigenvalue weighted by atomic mass is 32.2. The number of ketones is 1. The third-order valence-electron chi connectivity index (χ3n) is 4.01. The lowest BCUT2D eigenvalue weighted by molar-refractivity contribution is 0.678. The van der Waals surface area contributed by atoms with Gasteiger partial charge >= 0.3 is 5.78 Å². The summed E-state index contributed by atoms with van der Waals surface area (Å²) < 4.78 is 0. The molecule has 0 fully saturated rings. The number of rotatable bonds is 2. The molecule has 1 N–H and O–H groups in total. The molecule has 0 unspecified atom stereocenters. The SMILES string of the molecule is C=CCC1=CC(=S2c3ccccc3Sc3ccccc32)C=CC1=[OH+]. The van der Waals surface area contributed by atoms with Gasteiger partial charge in [-0.1, -0.05) is 42.1 Å². The van der Waals surface area contributed by atoms with Gasteiger partial charge in [0.1, 0.15) is 0 Å². The lowest BCUT2D eigenvalue weighted by Gasteiger charge is -2.25. The first-order chi connectivity index (χ1) is 11.8. The molecule has 4 rings (SSSR count). The highest BCUT2D eigenvalue weighted by Crippen LogP contribution is 2.53. The largest absolute Gasteiger partial charge is 0.343 e. The van der Waals surface area contributed by atoms with Crippen LogP contribution in [-0.2, 0) is 0 Å². The average Bonchev–Trinajstić information content (AvgIpc) is 2.62. The molecule has 2 aliphatic rings.